The Bertz CT molecular complexity index is 705. The molecule has 162 valence electrons. The number of nitrogens with one attached hydrogen (secondary N) is 1. The van der Waals surface area contributed by atoms with Gasteiger partial charge in [-0.05, 0) is 59.8 Å². The first-order valence-electron chi connectivity index (χ1n) is 8.71. The average molecular weight is 410 g/mol. The largest absolute Gasteiger partial charge is 0.494 e. The second-order valence-corrected chi connectivity index (χ2v) is 7.61. The van der Waals surface area contributed by atoms with E-state index in [1.54, 1.807) is 59.8 Å². The smallest absolute Gasteiger partial charge is 0.417 e. The first kappa shape index (κ1) is 25.9. The Morgan fingerprint density at radius 1 is 0.966 bits per heavy atom. The summed E-state index contributed by atoms with van der Waals surface area (Å²) >= 11 is 0. The van der Waals surface area contributed by atoms with Crippen molar-refractivity contribution in [2.75, 3.05) is 14.2 Å². The van der Waals surface area contributed by atoms with E-state index in [1.807, 2.05) is 5.32 Å². The summed E-state index contributed by atoms with van der Waals surface area (Å²) in [4.78, 5) is 37.5. The molecule has 0 aliphatic carbocycles. The van der Waals surface area contributed by atoms with Gasteiger partial charge in [-0.25, -0.2) is 24.7 Å². The first-order valence-corrected chi connectivity index (χ1v) is 8.71. The number of hydrogen-bond donors (Lipinski definition) is 1. The number of imide groups is 1. The number of amides is 2. The number of pyridine rings is 1. The summed E-state index contributed by atoms with van der Waals surface area (Å²) in [7, 11) is 2.76. The predicted octanol–water partition coefficient (Wildman–Crippen LogP) is 3.97. The molecule has 1 rings (SSSR count). The van der Waals surface area contributed by atoms with Crippen LogP contribution < -0.4 is 10.1 Å². The maximum absolute atomic E-state index is 11.3. The van der Waals surface area contributed by atoms with Crippen molar-refractivity contribution in [2.24, 2.45) is 0 Å². The molecule has 0 spiro atoms. The van der Waals surface area contributed by atoms with Gasteiger partial charge in [0.2, 0.25) is 0 Å². The summed E-state index contributed by atoms with van der Waals surface area (Å²) in [6.07, 6.45) is -0.0696. The zero-order valence-electron chi connectivity index (χ0n) is 18.2. The molecule has 0 saturated carbocycles. The third-order valence-corrected chi connectivity index (χ3v) is 2.69. The molecule has 0 aliphatic heterocycles. The van der Waals surface area contributed by atoms with E-state index in [1.165, 1.54) is 14.2 Å². The van der Waals surface area contributed by atoms with Crippen molar-refractivity contribution < 1.29 is 33.3 Å². The molecule has 0 unspecified atom stereocenters. The average Bonchev–Trinajstić information content (AvgIpc) is 2.57. The molecule has 1 aromatic rings. The number of aromatic nitrogens is 1. The molecule has 0 aromatic carbocycles. The number of methoxy groups -OCH3 is 2. The molecule has 2 amide bonds. The van der Waals surface area contributed by atoms with E-state index < -0.39 is 29.4 Å². The molecule has 1 heterocycles. The minimum absolute atomic E-state index is 0.160. The zero-order valence-corrected chi connectivity index (χ0v) is 18.2. The Morgan fingerprint density at radius 2 is 1.45 bits per heavy atom. The molecular formula is C20H30N2O7. The second-order valence-electron chi connectivity index (χ2n) is 7.61. The van der Waals surface area contributed by atoms with Crippen molar-refractivity contribution in [2.45, 2.75) is 52.7 Å². The Hall–Kier alpha value is -3.10. The fraction of sp³-hybridized carbons (Fsp3) is 0.500. The minimum Gasteiger partial charge on any atom is -0.494 e. The van der Waals surface area contributed by atoms with Crippen LogP contribution in [0.3, 0.4) is 0 Å². The van der Waals surface area contributed by atoms with Gasteiger partial charge in [-0.2, -0.15) is 0 Å². The van der Waals surface area contributed by atoms with Crippen molar-refractivity contribution >= 4 is 24.2 Å². The van der Waals surface area contributed by atoms with Gasteiger partial charge in [-0.3, -0.25) is 0 Å². The molecule has 0 aliphatic rings. The van der Waals surface area contributed by atoms with E-state index in [4.69, 9.17) is 14.2 Å². The topological polar surface area (TPSA) is 113 Å². The highest BCUT2D eigenvalue weighted by atomic mass is 16.6. The lowest BCUT2D eigenvalue weighted by Gasteiger charge is -2.21. The number of carbonyl (C=O) groups excluding carboxylic acids is 3. The van der Waals surface area contributed by atoms with Gasteiger partial charge < -0.3 is 18.9 Å². The van der Waals surface area contributed by atoms with E-state index in [-0.39, 0.29) is 5.69 Å². The fourth-order valence-corrected chi connectivity index (χ4v) is 1.67. The van der Waals surface area contributed by atoms with Crippen LogP contribution in [0, 0.1) is 0 Å². The maximum atomic E-state index is 11.3. The lowest BCUT2D eigenvalue weighted by atomic mass is 10.2. The number of alkyl carbamates (subject to hydrolysis) is 2. The Kier molecular flexibility index (Phi) is 9.86. The number of rotatable bonds is 3. The van der Waals surface area contributed by atoms with Gasteiger partial charge in [0.1, 0.15) is 11.2 Å². The van der Waals surface area contributed by atoms with Gasteiger partial charge in [0.15, 0.2) is 11.4 Å². The zero-order chi connectivity index (χ0) is 22.8. The molecule has 9 heteroatoms. The van der Waals surface area contributed by atoms with E-state index >= 15 is 0 Å². The molecule has 0 atom stereocenters. The highest BCUT2D eigenvalue weighted by Gasteiger charge is 2.22. The van der Waals surface area contributed by atoms with Crippen LogP contribution in [0.4, 0.5) is 9.59 Å². The monoisotopic (exact) mass is 410 g/mol. The summed E-state index contributed by atoms with van der Waals surface area (Å²) in [5.41, 5.74) is -0.503. The highest BCUT2D eigenvalue weighted by molar-refractivity contribution is 5.90. The third kappa shape index (κ3) is 11.4. The van der Waals surface area contributed by atoms with E-state index in [9.17, 15) is 14.4 Å². The molecule has 0 bridgehead atoms. The summed E-state index contributed by atoms with van der Waals surface area (Å²) in [5.74, 6) is -0.131. The predicted molar refractivity (Wildman–Crippen MR) is 108 cm³/mol. The molecular weight excluding hydrogens is 380 g/mol. The molecule has 1 aromatic heterocycles. The standard InChI is InChI=1S/C10H19NO4.C10H11NO3/c1-9(2,3)14-7(12)11-8(13)15-10(4,5)6;1-4-7-5-6-8(13-2)9(11-7)10(12)14-3/h1-6H3,(H,11,12,13);4-6H,1H2,2-3H3. The molecule has 0 saturated heterocycles. The van der Waals surface area contributed by atoms with Gasteiger partial charge in [0, 0.05) is 0 Å². The SMILES string of the molecule is C=Cc1ccc(OC)c(C(=O)OC)n1.CC(C)(C)OC(=O)NC(=O)OC(C)(C)C. The molecule has 9 nitrogen and oxygen atoms in total. The van der Waals surface area contributed by atoms with Crippen LogP contribution in [-0.4, -0.2) is 48.6 Å². The number of ether oxygens (including phenoxy) is 4. The lowest BCUT2D eigenvalue weighted by Crippen LogP contribution is -2.39. The molecule has 1 N–H and O–H groups in total. The van der Waals surface area contributed by atoms with Crippen LogP contribution in [-0.2, 0) is 14.2 Å². The summed E-state index contributed by atoms with van der Waals surface area (Å²) in [6, 6.07) is 3.36. The van der Waals surface area contributed by atoms with E-state index in [2.05, 4.69) is 16.3 Å². The van der Waals surface area contributed by atoms with Crippen LogP contribution in [0.15, 0.2) is 18.7 Å². The molecule has 0 radical (unpaired) electrons. The molecule has 29 heavy (non-hydrogen) atoms. The van der Waals surface area contributed by atoms with Crippen LogP contribution >= 0.6 is 0 Å². The van der Waals surface area contributed by atoms with Gasteiger partial charge in [0.25, 0.3) is 0 Å². The number of esters is 1. The first-order chi connectivity index (χ1) is 13.2. The third-order valence-electron chi connectivity index (χ3n) is 2.69. The fourth-order valence-electron chi connectivity index (χ4n) is 1.67. The van der Waals surface area contributed by atoms with Crippen molar-refractivity contribution in [3.05, 3.63) is 30.1 Å². The Morgan fingerprint density at radius 3 is 1.79 bits per heavy atom. The highest BCUT2D eigenvalue weighted by Crippen LogP contribution is 2.17. The lowest BCUT2D eigenvalue weighted by molar-refractivity contribution is 0.0352. The maximum Gasteiger partial charge on any atom is 0.417 e. The quantitative estimate of drug-likeness (QED) is 0.588. The van der Waals surface area contributed by atoms with E-state index in [0.29, 0.717) is 11.4 Å². The van der Waals surface area contributed by atoms with Crippen LogP contribution in [0.1, 0.15) is 57.7 Å². The van der Waals surface area contributed by atoms with Gasteiger partial charge >= 0.3 is 18.2 Å². The van der Waals surface area contributed by atoms with Crippen molar-refractivity contribution in [1.82, 2.24) is 10.3 Å². The number of carbonyl (C=O) groups is 3. The summed E-state index contributed by atoms with van der Waals surface area (Å²) < 4.78 is 19.3. The van der Waals surface area contributed by atoms with Crippen LogP contribution in [0.25, 0.3) is 6.08 Å². The molecule has 0 fully saturated rings. The number of nitrogens with zero attached hydrogens (tertiary/aromatic N) is 1. The van der Waals surface area contributed by atoms with E-state index in [0.717, 1.165) is 0 Å². The van der Waals surface area contributed by atoms with Crippen molar-refractivity contribution in [3.63, 3.8) is 0 Å². The Labute approximate surface area is 171 Å². The van der Waals surface area contributed by atoms with Crippen molar-refractivity contribution in [1.29, 1.82) is 0 Å². The normalized spacial score (nSPS) is 10.6. The summed E-state index contributed by atoms with van der Waals surface area (Å²) in [5, 5.41) is 1.97. The van der Waals surface area contributed by atoms with Gasteiger partial charge in [0.05, 0.1) is 19.9 Å². The van der Waals surface area contributed by atoms with Crippen molar-refractivity contribution in [3.8, 4) is 5.75 Å². The minimum atomic E-state index is -0.809. The van der Waals surface area contributed by atoms with Gasteiger partial charge in [-0.15, -0.1) is 0 Å². The Balaban J connectivity index is 0.000000541. The van der Waals surface area contributed by atoms with Crippen LogP contribution in [0.2, 0.25) is 0 Å². The second kappa shape index (κ2) is 11.0. The van der Waals surface area contributed by atoms with Crippen LogP contribution in [0.5, 0.6) is 5.75 Å². The summed E-state index contributed by atoms with van der Waals surface area (Å²) in [6.45, 7) is 13.8. The number of hydrogen-bond acceptors (Lipinski definition) is 8. The van der Waals surface area contributed by atoms with Gasteiger partial charge in [-0.1, -0.05) is 6.58 Å².